The van der Waals surface area contributed by atoms with E-state index in [-0.39, 0.29) is 5.82 Å². The van der Waals surface area contributed by atoms with Crippen LogP contribution in [-0.4, -0.2) is 11.1 Å². The smallest absolute Gasteiger partial charge is 0.408 e. The first kappa shape index (κ1) is 18.0. The molecule has 2 atom stereocenters. The number of rotatable bonds is 2. The number of hydrogen-bond acceptors (Lipinski definition) is 3. The lowest BCUT2D eigenvalue weighted by Crippen LogP contribution is -2.20. The molecule has 1 saturated heterocycles. The van der Waals surface area contributed by atoms with Gasteiger partial charge in [-0.05, 0) is 42.0 Å². The second-order valence-electron chi connectivity index (χ2n) is 6.20. The van der Waals surface area contributed by atoms with Gasteiger partial charge in [0.05, 0.1) is 10.7 Å². The number of ether oxygens (including phenoxy) is 1. The summed E-state index contributed by atoms with van der Waals surface area (Å²) in [4.78, 5) is 16.2. The van der Waals surface area contributed by atoms with Crippen LogP contribution in [-0.2, 0) is 4.74 Å². The van der Waals surface area contributed by atoms with Crippen molar-refractivity contribution in [1.82, 2.24) is 10.3 Å². The van der Waals surface area contributed by atoms with Gasteiger partial charge in [-0.25, -0.2) is 9.18 Å². The normalized spacial score (nSPS) is 18.0. The zero-order chi connectivity index (χ0) is 19.5. The zero-order valence-electron chi connectivity index (χ0n) is 14.5. The molecule has 1 aliphatic rings. The van der Waals surface area contributed by atoms with E-state index in [9.17, 15) is 9.18 Å². The lowest BCUT2D eigenvalue weighted by Gasteiger charge is -2.17. The molecule has 0 unspecified atom stereocenters. The number of nitrogens with zero attached hydrogens (tertiary/aromatic N) is 1. The maximum Gasteiger partial charge on any atom is 0.408 e. The number of hydrogen-bond donors (Lipinski definition) is 1. The van der Waals surface area contributed by atoms with Crippen LogP contribution in [0.25, 0.3) is 0 Å². The van der Waals surface area contributed by atoms with E-state index in [1.807, 2.05) is 18.2 Å². The minimum atomic E-state index is -0.604. The van der Waals surface area contributed by atoms with E-state index < -0.39 is 18.2 Å². The molecule has 1 amide bonds. The van der Waals surface area contributed by atoms with Gasteiger partial charge in [0.25, 0.3) is 0 Å². The summed E-state index contributed by atoms with van der Waals surface area (Å²) >= 11 is 6.13. The number of pyridine rings is 1. The number of carbonyl (C=O) groups is 1. The van der Waals surface area contributed by atoms with E-state index in [0.29, 0.717) is 16.3 Å². The molecule has 6 heteroatoms. The Bertz CT molecular complexity index is 1090. The van der Waals surface area contributed by atoms with Crippen molar-refractivity contribution in [3.8, 4) is 11.8 Å². The van der Waals surface area contributed by atoms with Gasteiger partial charge in [-0.2, -0.15) is 0 Å². The molecule has 0 radical (unpaired) electrons. The van der Waals surface area contributed by atoms with Gasteiger partial charge in [-0.3, -0.25) is 4.98 Å². The van der Waals surface area contributed by atoms with Crippen molar-refractivity contribution in [2.75, 3.05) is 0 Å². The average Bonchev–Trinajstić information content (AvgIpc) is 3.10. The first-order valence-electron chi connectivity index (χ1n) is 8.55. The summed E-state index contributed by atoms with van der Waals surface area (Å²) in [5, 5.41) is 3.34. The van der Waals surface area contributed by atoms with Crippen molar-refractivity contribution in [2.45, 2.75) is 12.1 Å². The SMILES string of the molecule is O=C1N[C@H](c2cc(C#Cc3ccccc3Cl)ccn2)[C@@H](c2ccc(F)cc2)O1. The number of carbonyl (C=O) groups excluding carboxylic acids is 1. The Morgan fingerprint density at radius 2 is 1.86 bits per heavy atom. The highest BCUT2D eigenvalue weighted by atomic mass is 35.5. The van der Waals surface area contributed by atoms with E-state index in [1.165, 1.54) is 12.1 Å². The van der Waals surface area contributed by atoms with Crippen LogP contribution in [0.1, 0.15) is 34.5 Å². The topological polar surface area (TPSA) is 51.2 Å². The number of nitrogens with one attached hydrogen (secondary N) is 1. The monoisotopic (exact) mass is 392 g/mol. The molecule has 2 heterocycles. The van der Waals surface area contributed by atoms with Crippen LogP contribution in [0.3, 0.4) is 0 Å². The number of benzene rings is 2. The molecule has 3 aromatic rings. The highest BCUT2D eigenvalue weighted by Crippen LogP contribution is 2.36. The Hall–Kier alpha value is -3.36. The van der Waals surface area contributed by atoms with Crippen molar-refractivity contribution >= 4 is 17.7 Å². The van der Waals surface area contributed by atoms with E-state index in [1.54, 1.807) is 36.5 Å². The molecule has 4 rings (SSSR count). The number of cyclic esters (lactones) is 1. The standard InChI is InChI=1S/C22H14ClFN2O2/c23-18-4-2-1-3-15(18)6-5-14-11-12-25-19(13-14)20-21(28-22(27)26-20)16-7-9-17(24)10-8-16/h1-4,7-13,20-21H,(H,26,27)/t20-,21-/m1/s1. The Labute approximate surface area is 166 Å². The predicted molar refractivity (Wildman–Crippen MR) is 103 cm³/mol. The molecular weight excluding hydrogens is 379 g/mol. The minimum absolute atomic E-state index is 0.354. The first-order valence-corrected chi connectivity index (χ1v) is 8.93. The number of alkyl carbamates (subject to hydrolysis) is 1. The van der Waals surface area contributed by atoms with Crippen LogP contribution in [0.4, 0.5) is 9.18 Å². The van der Waals surface area contributed by atoms with Crippen molar-refractivity contribution in [3.63, 3.8) is 0 Å². The first-order chi connectivity index (χ1) is 13.6. The zero-order valence-corrected chi connectivity index (χ0v) is 15.3. The van der Waals surface area contributed by atoms with Gasteiger partial charge in [0.2, 0.25) is 0 Å². The molecule has 138 valence electrons. The van der Waals surface area contributed by atoms with Crippen LogP contribution in [0.5, 0.6) is 0 Å². The van der Waals surface area contributed by atoms with Gasteiger partial charge in [-0.15, -0.1) is 0 Å². The summed E-state index contributed by atoms with van der Waals surface area (Å²) in [6.45, 7) is 0. The molecule has 2 aromatic carbocycles. The third kappa shape index (κ3) is 3.83. The van der Waals surface area contributed by atoms with Crippen LogP contribution in [0, 0.1) is 17.7 Å². The molecule has 0 spiro atoms. The Morgan fingerprint density at radius 3 is 2.64 bits per heavy atom. The van der Waals surface area contributed by atoms with Crippen molar-refractivity contribution in [1.29, 1.82) is 0 Å². The molecule has 1 aromatic heterocycles. The van der Waals surface area contributed by atoms with E-state index in [4.69, 9.17) is 16.3 Å². The van der Waals surface area contributed by atoms with Crippen LogP contribution >= 0.6 is 11.6 Å². The molecule has 0 saturated carbocycles. The fraction of sp³-hybridized carbons (Fsp3) is 0.0909. The second-order valence-corrected chi connectivity index (χ2v) is 6.61. The van der Waals surface area contributed by atoms with E-state index in [0.717, 1.165) is 11.1 Å². The molecule has 1 N–H and O–H groups in total. The fourth-order valence-electron chi connectivity index (χ4n) is 2.96. The minimum Gasteiger partial charge on any atom is -0.439 e. The molecule has 0 aliphatic carbocycles. The Morgan fingerprint density at radius 1 is 1.07 bits per heavy atom. The Balaban J connectivity index is 1.64. The summed E-state index contributed by atoms with van der Waals surface area (Å²) in [5.41, 5.74) is 2.73. The second kappa shape index (κ2) is 7.71. The molecule has 4 nitrogen and oxygen atoms in total. The highest BCUT2D eigenvalue weighted by Gasteiger charge is 2.37. The van der Waals surface area contributed by atoms with E-state index in [2.05, 4.69) is 22.1 Å². The summed E-state index contributed by atoms with van der Waals surface area (Å²) in [6, 6.07) is 16.2. The van der Waals surface area contributed by atoms with Gasteiger partial charge in [0.1, 0.15) is 11.9 Å². The average molecular weight is 393 g/mol. The molecule has 28 heavy (non-hydrogen) atoms. The highest BCUT2D eigenvalue weighted by molar-refractivity contribution is 6.31. The molecule has 0 bridgehead atoms. The van der Waals surface area contributed by atoms with Crippen LogP contribution in [0.15, 0.2) is 66.9 Å². The van der Waals surface area contributed by atoms with Crippen LogP contribution < -0.4 is 5.32 Å². The third-order valence-electron chi connectivity index (χ3n) is 4.32. The van der Waals surface area contributed by atoms with Gasteiger partial charge in [0, 0.05) is 17.3 Å². The summed E-state index contributed by atoms with van der Waals surface area (Å²) in [7, 11) is 0. The number of amides is 1. The van der Waals surface area contributed by atoms with Crippen LogP contribution in [0.2, 0.25) is 5.02 Å². The molecule has 1 fully saturated rings. The largest absolute Gasteiger partial charge is 0.439 e. The molecular formula is C22H14ClFN2O2. The summed E-state index contributed by atoms with van der Waals surface area (Å²) in [6.07, 6.45) is 0.471. The van der Waals surface area contributed by atoms with E-state index >= 15 is 0 Å². The van der Waals surface area contributed by atoms with Crippen molar-refractivity contribution in [3.05, 3.63) is 100 Å². The lowest BCUT2D eigenvalue weighted by atomic mass is 9.99. The quantitative estimate of drug-likeness (QED) is 0.637. The lowest BCUT2D eigenvalue weighted by molar-refractivity contribution is 0.132. The predicted octanol–water partition coefficient (Wildman–Crippen LogP) is 4.80. The summed E-state index contributed by atoms with van der Waals surface area (Å²) < 4.78 is 18.6. The van der Waals surface area contributed by atoms with Gasteiger partial charge in [0.15, 0.2) is 6.10 Å². The Kier molecular flexibility index (Phi) is 4.96. The van der Waals surface area contributed by atoms with Gasteiger partial charge < -0.3 is 10.1 Å². The third-order valence-corrected chi connectivity index (χ3v) is 4.65. The molecule has 1 aliphatic heterocycles. The van der Waals surface area contributed by atoms with Gasteiger partial charge in [-0.1, -0.05) is 47.7 Å². The van der Waals surface area contributed by atoms with Crippen molar-refractivity contribution in [2.24, 2.45) is 0 Å². The summed E-state index contributed by atoms with van der Waals surface area (Å²) in [5.74, 6) is 5.74. The number of halogens is 2. The number of aromatic nitrogens is 1. The van der Waals surface area contributed by atoms with Crippen molar-refractivity contribution < 1.29 is 13.9 Å². The maximum atomic E-state index is 13.2. The fourth-order valence-corrected chi connectivity index (χ4v) is 3.14. The maximum absolute atomic E-state index is 13.2. The van der Waals surface area contributed by atoms with Gasteiger partial charge >= 0.3 is 6.09 Å².